The Morgan fingerprint density at radius 3 is 2.79 bits per heavy atom. The highest BCUT2D eigenvalue weighted by Crippen LogP contribution is 2.13. The van der Waals surface area contributed by atoms with E-state index in [2.05, 4.69) is 12.2 Å². The van der Waals surface area contributed by atoms with Gasteiger partial charge in [-0.25, -0.2) is 0 Å². The zero-order valence-electron chi connectivity index (χ0n) is 11.0. The van der Waals surface area contributed by atoms with Gasteiger partial charge in [0.25, 0.3) is 0 Å². The second-order valence-corrected chi connectivity index (χ2v) is 4.71. The fourth-order valence-corrected chi connectivity index (χ4v) is 1.95. The van der Waals surface area contributed by atoms with E-state index in [-0.39, 0.29) is 0 Å². The van der Waals surface area contributed by atoms with Crippen molar-refractivity contribution in [1.29, 1.82) is 0 Å². The van der Waals surface area contributed by atoms with Crippen LogP contribution in [0.15, 0.2) is 40.8 Å². The Labute approximate surface area is 118 Å². The van der Waals surface area contributed by atoms with Crippen molar-refractivity contribution in [3.63, 3.8) is 0 Å². The highest BCUT2D eigenvalue weighted by Gasteiger charge is 2.02. The molecule has 0 bridgehead atoms. The summed E-state index contributed by atoms with van der Waals surface area (Å²) in [5.74, 6) is 1.78. The predicted octanol–water partition coefficient (Wildman–Crippen LogP) is 3.76. The van der Waals surface area contributed by atoms with Gasteiger partial charge in [-0.3, -0.25) is 0 Å². The molecule has 0 unspecified atom stereocenters. The molecule has 0 atom stereocenters. The Hall–Kier alpha value is -1.29. The molecule has 0 aliphatic rings. The summed E-state index contributed by atoms with van der Waals surface area (Å²) in [5, 5.41) is 3.95. The van der Waals surface area contributed by atoms with Crippen LogP contribution in [0, 0.1) is 0 Å². The lowest BCUT2D eigenvalue weighted by Gasteiger charge is -2.03. The maximum absolute atomic E-state index is 5.91. The summed E-state index contributed by atoms with van der Waals surface area (Å²) in [7, 11) is 0. The van der Waals surface area contributed by atoms with E-state index in [1.165, 1.54) is 0 Å². The number of ether oxygens (including phenoxy) is 1. The van der Waals surface area contributed by atoms with E-state index < -0.39 is 0 Å². The highest BCUT2D eigenvalue weighted by atomic mass is 35.5. The van der Waals surface area contributed by atoms with E-state index in [0.717, 1.165) is 35.2 Å². The largest absolute Gasteiger partial charge is 0.462 e. The summed E-state index contributed by atoms with van der Waals surface area (Å²) in [6.07, 6.45) is 0. The van der Waals surface area contributed by atoms with Gasteiger partial charge in [-0.1, -0.05) is 30.7 Å². The molecule has 1 aromatic carbocycles. The lowest BCUT2D eigenvalue weighted by atomic mass is 10.2. The summed E-state index contributed by atoms with van der Waals surface area (Å²) in [4.78, 5) is 0. The third-order valence-corrected chi connectivity index (χ3v) is 2.90. The number of halogens is 1. The fraction of sp³-hybridized carbons (Fsp3) is 0.333. The molecule has 0 radical (unpaired) electrons. The average molecular weight is 280 g/mol. The first kappa shape index (κ1) is 14.1. The van der Waals surface area contributed by atoms with E-state index in [1.807, 2.05) is 36.4 Å². The van der Waals surface area contributed by atoms with Crippen molar-refractivity contribution >= 4 is 11.6 Å². The number of hydrogen-bond donors (Lipinski definition) is 1. The second-order valence-electron chi connectivity index (χ2n) is 4.27. The van der Waals surface area contributed by atoms with Gasteiger partial charge in [0.05, 0.1) is 13.2 Å². The van der Waals surface area contributed by atoms with Crippen LogP contribution in [0.25, 0.3) is 0 Å². The van der Waals surface area contributed by atoms with Gasteiger partial charge in [0.1, 0.15) is 18.1 Å². The zero-order valence-corrected chi connectivity index (χ0v) is 11.7. The molecule has 2 rings (SSSR count). The summed E-state index contributed by atoms with van der Waals surface area (Å²) in [6, 6.07) is 11.6. The van der Waals surface area contributed by atoms with Crippen molar-refractivity contribution in [2.45, 2.75) is 26.7 Å². The predicted molar refractivity (Wildman–Crippen MR) is 76.0 cm³/mol. The Balaban J connectivity index is 1.77. The van der Waals surface area contributed by atoms with E-state index in [9.17, 15) is 0 Å². The Kier molecular flexibility index (Phi) is 5.45. The molecule has 0 saturated heterocycles. The van der Waals surface area contributed by atoms with E-state index in [0.29, 0.717) is 13.2 Å². The summed E-state index contributed by atoms with van der Waals surface area (Å²) >= 11 is 5.91. The second kappa shape index (κ2) is 7.34. The van der Waals surface area contributed by atoms with Crippen molar-refractivity contribution in [3.05, 3.63) is 58.5 Å². The van der Waals surface area contributed by atoms with Crippen LogP contribution in [0.2, 0.25) is 5.02 Å². The van der Waals surface area contributed by atoms with Crippen LogP contribution in [0.3, 0.4) is 0 Å². The summed E-state index contributed by atoms with van der Waals surface area (Å²) < 4.78 is 11.2. The lowest BCUT2D eigenvalue weighted by molar-refractivity contribution is 0.0920. The van der Waals surface area contributed by atoms with Gasteiger partial charge >= 0.3 is 0 Å². The van der Waals surface area contributed by atoms with Gasteiger partial charge in [0, 0.05) is 5.02 Å². The van der Waals surface area contributed by atoms with E-state index in [4.69, 9.17) is 20.8 Å². The molecular weight excluding hydrogens is 262 g/mol. The molecular formula is C15H18ClNO2. The van der Waals surface area contributed by atoms with Gasteiger partial charge in [0.15, 0.2) is 0 Å². The molecule has 102 valence electrons. The smallest absolute Gasteiger partial charge is 0.129 e. The lowest BCUT2D eigenvalue weighted by Crippen LogP contribution is -2.10. The number of hydrogen-bond acceptors (Lipinski definition) is 3. The quantitative estimate of drug-likeness (QED) is 0.838. The first-order chi connectivity index (χ1) is 9.28. The van der Waals surface area contributed by atoms with Crippen LogP contribution in [0.5, 0.6) is 0 Å². The Bertz CT molecular complexity index is 510. The highest BCUT2D eigenvalue weighted by molar-refractivity contribution is 6.30. The molecule has 0 amide bonds. The minimum absolute atomic E-state index is 0.471. The minimum Gasteiger partial charge on any atom is -0.462 e. The SMILES string of the molecule is CCNCc1ccc(COCc2cccc(Cl)c2)o1. The van der Waals surface area contributed by atoms with Crippen LogP contribution >= 0.6 is 11.6 Å². The molecule has 1 N–H and O–H groups in total. The molecule has 0 fully saturated rings. The topological polar surface area (TPSA) is 34.4 Å². The third kappa shape index (κ3) is 4.71. The molecule has 0 aliphatic carbocycles. The van der Waals surface area contributed by atoms with Crippen LogP contribution in [-0.2, 0) is 24.5 Å². The first-order valence-electron chi connectivity index (χ1n) is 6.38. The van der Waals surface area contributed by atoms with E-state index >= 15 is 0 Å². The zero-order chi connectivity index (χ0) is 13.5. The Morgan fingerprint density at radius 1 is 1.16 bits per heavy atom. The van der Waals surface area contributed by atoms with Crippen LogP contribution < -0.4 is 5.32 Å². The Morgan fingerprint density at radius 2 is 2.00 bits per heavy atom. The van der Waals surface area contributed by atoms with Crippen LogP contribution in [-0.4, -0.2) is 6.54 Å². The number of furan rings is 1. The van der Waals surface area contributed by atoms with Crippen molar-refractivity contribution in [2.75, 3.05) is 6.54 Å². The number of benzene rings is 1. The van der Waals surface area contributed by atoms with Crippen molar-refractivity contribution in [3.8, 4) is 0 Å². The normalized spacial score (nSPS) is 10.8. The van der Waals surface area contributed by atoms with Crippen molar-refractivity contribution in [1.82, 2.24) is 5.32 Å². The van der Waals surface area contributed by atoms with Crippen molar-refractivity contribution in [2.24, 2.45) is 0 Å². The molecule has 3 nitrogen and oxygen atoms in total. The molecule has 2 aromatic rings. The summed E-state index contributed by atoms with van der Waals surface area (Å²) in [5.41, 5.74) is 1.06. The maximum atomic E-state index is 5.91. The molecule has 0 saturated carbocycles. The average Bonchev–Trinajstić information content (AvgIpc) is 2.84. The van der Waals surface area contributed by atoms with Crippen molar-refractivity contribution < 1.29 is 9.15 Å². The molecule has 1 aromatic heterocycles. The summed E-state index contributed by atoms with van der Waals surface area (Å²) in [6.45, 7) is 4.76. The molecule has 19 heavy (non-hydrogen) atoms. The molecule has 1 heterocycles. The number of nitrogens with one attached hydrogen (secondary N) is 1. The fourth-order valence-electron chi connectivity index (χ4n) is 1.74. The molecule has 4 heteroatoms. The maximum Gasteiger partial charge on any atom is 0.129 e. The van der Waals surface area contributed by atoms with Gasteiger partial charge in [-0.05, 0) is 36.4 Å². The van der Waals surface area contributed by atoms with Gasteiger partial charge < -0.3 is 14.5 Å². The van der Waals surface area contributed by atoms with Gasteiger partial charge in [-0.15, -0.1) is 0 Å². The number of rotatable bonds is 7. The first-order valence-corrected chi connectivity index (χ1v) is 6.76. The van der Waals surface area contributed by atoms with Gasteiger partial charge in [0.2, 0.25) is 0 Å². The monoisotopic (exact) mass is 279 g/mol. The molecule has 0 aliphatic heterocycles. The van der Waals surface area contributed by atoms with E-state index in [1.54, 1.807) is 0 Å². The minimum atomic E-state index is 0.471. The standard InChI is InChI=1S/C15H18ClNO2/c1-2-17-9-14-6-7-15(19-14)11-18-10-12-4-3-5-13(16)8-12/h3-8,17H,2,9-11H2,1H3. The van der Waals surface area contributed by atoms with Gasteiger partial charge in [-0.2, -0.15) is 0 Å². The van der Waals surface area contributed by atoms with Crippen LogP contribution in [0.1, 0.15) is 24.0 Å². The third-order valence-electron chi connectivity index (χ3n) is 2.67. The van der Waals surface area contributed by atoms with Crippen LogP contribution in [0.4, 0.5) is 0 Å². The molecule has 0 spiro atoms.